The first kappa shape index (κ1) is 12.7. The highest BCUT2D eigenvalue weighted by Gasteiger charge is 2.28. The molecule has 0 amide bonds. The van der Waals surface area contributed by atoms with Crippen molar-refractivity contribution < 1.29 is 0 Å². The molecule has 5 heteroatoms. The standard InChI is InChI=1S/C14H23N5/c1-2-5-16-12-10-13(19-8-6-15-7-9-19)18-14(17-12)11-3-4-11/h10-11,15H,2-9H2,1H3,(H,16,17,18). The Kier molecular flexibility index (Phi) is 3.82. The van der Waals surface area contributed by atoms with Gasteiger partial charge in [0.2, 0.25) is 0 Å². The number of anilines is 2. The molecule has 1 saturated carbocycles. The van der Waals surface area contributed by atoms with Crippen LogP contribution >= 0.6 is 0 Å². The predicted octanol–water partition coefficient (Wildman–Crippen LogP) is 1.59. The van der Waals surface area contributed by atoms with E-state index >= 15 is 0 Å². The van der Waals surface area contributed by atoms with Crippen molar-refractivity contribution in [1.29, 1.82) is 0 Å². The van der Waals surface area contributed by atoms with Gasteiger partial charge in [0, 0.05) is 44.7 Å². The molecule has 1 aliphatic carbocycles. The maximum absolute atomic E-state index is 4.77. The van der Waals surface area contributed by atoms with Gasteiger partial charge in [-0.05, 0) is 19.3 Å². The van der Waals surface area contributed by atoms with Crippen molar-refractivity contribution in [1.82, 2.24) is 15.3 Å². The molecule has 2 aliphatic rings. The summed E-state index contributed by atoms with van der Waals surface area (Å²) >= 11 is 0. The fourth-order valence-corrected chi connectivity index (χ4v) is 2.38. The molecule has 5 nitrogen and oxygen atoms in total. The molecule has 2 N–H and O–H groups in total. The Bertz CT molecular complexity index is 424. The fourth-order valence-electron chi connectivity index (χ4n) is 2.38. The first-order valence-electron chi connectivity index (χ1n) is 7.45. The summed E-state index contributed by atoms with van der Waals surface area (Å²) in [5.74, 6) is 3.73. The topological polar surface area (TPSA) is 53.1 Å². The zero-order valence-corrected chi connectivity index (χ0v) is 11.7. The van der Waals surface area contributed by atoms with E-state index in [0.717, 1.165) is 56.6 Å². The Morgan fingerprint density at radius 2 is 2.11 bits per heavy atom. The summed E-state index contributed by atoms with van der Waals surface area (Å²) in [5, 5.41) is 6.79. The first-order valence-corrected chi connectivity index (χ1v) is 7.45. The Balaban J connectivity index is 1.81. The van der Waals surface area contributed by atoms with Gasteiger partial charge in [-0.2, -0.15) is 0 Å². The zero-order chi connectivity index (χ0) is 13.1. The van der Waals surface area contributed by atoms with Gasteiger partial charge >= 0.3 is 0 Å². The van der Waals surface area contributed by atoms with Crippen molar-refractivity contribution in [3.05, 3.63) is 11.9 Å². The van der Waals surface area contributed by atoms with Crippen LogP contribution in [0.4, 0.5) is 11.6 Å². The van der Waals surface area contributed by atoms with E-state index in [1.807, 2.05) is 0 Å². The van der Waals surface area contributed by atoms with E-state index in [9.17, 15) is 0 Å². The van der Waals surface area contributed by atoms with Crippen molar-refractivity contribution in [2.45, 2.75) is 32.1 Å². The van der Waals surface area contributed by atoms with Gasteiger partial charge in [-0.1, -0.05) is 6.92 Å². The van der Waals surface area contributed by atoms with Crippen molar-refractivity contribution in [3.8, 4) is 0 Å². The van der Waals surface area contributed by atoms with Crippen molar-refractivity contribution in [3.63, 3.8) is 0 Å². The Labute approximate surface area is 114 Å². The summed E-state index contributed by atoms with van der Waals surface area (Å²) in [6.07, 6.45) is 3.61. The third-order valence-corrected chi connectivity index (χ3v) is 3.67. The monoisotopic (exact) mass is 261 g/mol. The van der Waals surface area contributed by atoms with Gasteiger partial charge in [-0.3, -0.25) is 0 Å². The number of aromatic nitrogens is 2. The average molecular weight is 261 g/mol. The predicted molar refractivity (Wildman–Crippen MR) is 77.9 cm³/mol. The lowest BCUT2D eigenvalue weighted by Gasteiger charge is -2.29. The van der Waals surface area contributed by atoms with Crippen LogP contribution in [-0.2, 0) is 0 Å². The van der Waals surface area contributed by atoms with Gasteiger partial charge in [-0.25, -0.2) is 9.97 Å². The smallest absolute Gasteiger partial charge is 0.136 e. The molecular weight excluding hydrogens is 238 g/mol. The maximum atomic E-state index is 4.77. The quantitative estimate of drug-likeness (QED) is 0.843. The SMILES string of the molecule is CCCNc1cc(N2CCNCC2)nc(C2CC2)n1. The molecule has 0 aromatic carbocycles. The number of piperazine rings is 1. The molecule has 2 heterocycles. The molecule has 1 aromatic heterocycles. The largest absolute Gasteiger partial charge is 0.370 e. The number of nitrogens with zero attached hydrogens (tertiary/aromatic N) is 3. The Hall–Kier alpha value is -1.36. The van der Waals surface area contributed by atoms with Crippen LogP contribution < -0.4 is 15.5 Å². The van der Waals surface area contributed by atoms with E-state index in [0.29, 0.717) is 5.92 Å². The number of hydrogen-bond donors (Lipinski definition) is 2. The Morgan fingerprint density at radius 3 is 2.79 bits per heavy atom. The molecule has 0 atom stereocenters. The first-order chi connectivity index (χ1) is 9.36. The lowest BCUT2D eigenvalue weighted by molar-refractivity contribution is 0.583. The Morgan fingerprint density at radius 1 is 1.32 bits per heavy atom. The van der Waals surface area contributed by atoms with Crippen LogP contribution in [0, 0.1) is 0 Å². The van der Waals surface area contributed by atoms with Crippen LogP contribution in [0.15, 0.2) is 6.07 Å². The second-order valence-corrected chi connectivity index (χ2v) is 5.41. The van der Waals surface area contributed by atoms with Crippen LogP contribution in [0.1, 0.15) is 37.9 Å². The fraction of sp³-hybridized carbons (Fsp3) is 0.714. The van der Waals surface area contributed by atoms with E-state index < -0.39 is 0 Å². The van der Waals surface area contributed by atoms with Gasteiger partial charge in [0.1, 0.15) is 17.5 Å². The summed E-state index contributed by atoms with van der Waals surface area (Å²) in [7, 11) is 0. The normalized spacial score (nSPS) is 19.5. The number of rotatable bonds is 5. The minimum atomic E-state index is 0.602. The van der Waals surface area contributed by atoms with Crippen LogP contribution in [0.5, 0.6) is 0 Å². The third-order valence-electron chi connectivity index (χ3n) is 3.67. The summed E-state index contributed by atoms with van der Waals surface area (Å²) in [6, 6.07) is 2.10. The maximum Gasteiger partial charge on any atom is 0.136 e. The highest BCUT2D eigenvalue weighted by molar-refractivity contribution is 5.50. The number of nitrogens with one attached hydrogen (secondary N) is 2. The average Bonchev–Trinajstić information content (AvgIpc) is 3.30. The lowest BCUT2D eigenvalue weighted by Crippen LogP contribution is -2.44. The van der Waals surface area contributed by atoms with E-state index in [4.69, 9.17) is 4.98 Å². The molecule has 1 aliphatic heterocycles. The summed E-state index contributed by atoms with van der Waals surface area (Å²) in [6.45, 7) is 7.30. The van der Waals surface area contributed by atoms with Crippen LogP contribution in [0.3, 0.4) is 0 Å². The van der Waals surface area contributed by atoms with Gasteiger partial charge < -0.3 is 15.5 Å². The summed E-state index contributed by atoms with van der Waals surface area (Å²) in [5.41, 5.74) is 0. The molecule has 0 spiro atoms. The minimum Gasteiger partial charge on any atom is -0.370 e. The lowest BCUT2D eigenvalue weighted by atomic mass is 10.3. The van der Waals surface area contributed by atoms with Gasteiger partial charge in [0.15, 0.2) is 0 Å². The molecule has 1 aromatic rings. The molecule has 2 fully saturated rings. The van der Waals surface area contributed by atoms with Gasteiger partial charge in [0.25, 0.3) is 0 Å². The third kappa shape index (κ3) is 3.15. The van der Waals surface area contributed by atoms with E-state index in [1.165, 1.54) is 12.8 Å². The van der Waals surface area contributed by atoms with Crippen LogP contribution in [0.2, 0.25) is 0 Å². The molecule has 1 saturated heterocycles. The van der Waals surface area contributed by atoms with Gasteiger partial charge in [0.05, 0.1) is 0 Å². The second-order valence-electron chi connectivity index (χ2n) is 5.41. The highest BCUT2D eigenvalue weighted by atomic mass is 15.2. The molecule has 19 heavy (non-hydrogen) atoms. The van der Waals surface area contributed by atoms with Crippen molar-refractivity contribution >= 4 is 11.6 Å². The zero-order valence-electron chi connectivity index (χ0n) is 11.7. The van der Waals surface area contributed by atoms with Crippen molar-refractivity contribution in [2.24, 2.45) is 0 Å². The van der Waals surface area contributed by atoms with E-state index in [-0.39, 0.29) is 0 Å². The highest BCUT2D eigenvalue weighted by Crippen LogP contribution is 2.39. The molecule has 104 valence electrons. The summed E-state index contributed by atoms with van der Waals surface area (Å²) in [4.78, 5) is 11.8. The second kappa shape index (κ2) is 5.74. The molecule has 3 rings (SSSR count). The van der Waals surface area contributed by atoms with E-state index in [1.54, 1.807) is 0 Å². The minimum absolute atomic E-state index is 0.602. The van der Waals surface area contributed by atoms with Crippen molar-refractivity contribution in [2.75, 3.05) is 42.9 Å². The molecule has 0 radical (unpaired) electrons. The van der Waals surface area contributed by atoms with Crippen LogP contribution in [-0.4, -0.2) is 42.7 Å². The van der Waals surface area contributed by atoms with Gasteiger partial charge in [-0.15, -0.1) is 0 Å². The molecule has 0 bridgehead atoms. The van der Waals surface area contributed by atoms with E-state index in [2.05, 4.69) is 33.5 Å². The molecular formula is C14H23N5. The molecule has 0 unspecified atom stereocenters. The summed E-state index contributed by atoms with van der Waals surface area (Å²) < 4.78 is 0. The number of hydrogen-bond acceptors (Lipinski definition) is 5. The van der Waals surface area contributed by atoms with Crippen LogP contribution in [0.25, 0.3) is 0 Å².